The van der Waals surface area contributed by atoms with E-state index in [9.17, 15) is 13.9 Å². The number of fused-ring (bicyclic) bond motifs is 1. The van der Waals surface area contributed by atoms with Crippen molar-refractivity contribution in [3.8, 4) is 23.3 Å². The van der Waals surface area contributed by atoms with Crippen LogP contribution < -0.4 is 18.9 Å². The molecule has 1 aliphatic heterocycles. The van der Waals surface area contributed by atoms with Crippen molar-refractivity contribution in [3.05, 3.63) is 41.5 Å². The maximum atomic E-state index is 12.8. The average molecular weight is 424 g/mol. The van der Waals surface area contributed by atoms with Crippen LogP contribution in [0.2, 0.25) is 0 Å². The zero-order valence-electron chi connectivity index (χ0n) is 17.2. The van der Waals surface area contributed by atoms with E-state index in [0.29, 0.717) is 43.2 Å². The van der Waals surface area contributed by atoms with Gasteiger partial charge in [-0.15, -0.1) is 0 Å². The molecule has 1 aromatic carbocycles. The van der Waals surface area contributed by atoms with Gasteiger partial charge in [0.2, 0.25) is 11.8 Å². The third kappa shape index (κ3) is 5.28. The molecule has 1 aliphatic rings. The fraction of sp³-hybridized carbons (Fsp3) is 0.476. The molecular weight excluding hydrogens is 398 g/mol. The highest BCUT2D eigenvalue weighted by atomic mass is 19.3. The second-order valence-electron chi connectivity index (χ2n) is 7.32. The molecule has 0 saturated carbocycles. The molecule has 1 unspecified atom stereocenters. The van der Waals surface area contributed by atoms with Crippen molar-refractivity contribution in [2.45, 2.75) is 25.1 Å². The maximum Gasteiger partial charge on any atom is 0.388 e. The summed E-state index contributed by atoms with van der Waals surface area (Å²) in [6.07, 6.45) is 0.500. The van der Waals surface area contributed by atoms with Gasteiger partial charge in [0.25, 0.3) is 0 Å². The minimum Gasteiger partial charge on any atom is -0.486 e. The Labute approximate surface area is 174 Å². The molecule has 0 saturated heterocycles. The van der Waals surface area contributed by atoms with Crippen molar-refractivity contribution >= 4 is 0 Å². The molecule has 164 valence electrons. The summed E-state index contributed by atoms with van der Waals surface area (Å²) in [5, 5.41) is 11.7. The Morgan fingerprint density at radius 3 is 2.63 bits per heavy atom. The number of hydrogen-bond donors (Lipinski definition) is 1. The summed E-state index contributed by atoms with van der Waals surface area (Å²) >= 11 is 0. The summed E-state index contributed by atoms with van der Waals surface area (Å²) in [6.45, 7) is -1.62. The van der Waals surface area contributed by atoms with Crippen molar-refractivity contribution in [3.63, 3.8) is 0 Å². The lowest BCUT2D eigenvalue weighted by Crippen LogP contribution is -2.33. The van der Waals surface area contributed by atoms with Crippen LogP contribution in [0.5, 0.6) is 23.3 Å². The molecule has 2 heterocycles. The molecule has 1 aromatic heterocycles. The van der Waals surface area contributed by atoms with Crippen LogP contribution >= 0.6 is 0 Å². The van der Waals surface area contributed by atoms with Gasteiger partial charge >= 0.3 is 6.61 Å². The molecule has 0 amide bonds. The molecule has 1 atom stereocenters. The van der Waals surface area contributed by atoms with Crippen LogP contribution in [0.25, 0.3) is 0 Å². The quantitative estimate of drug-likeness (QED) is 0.664. The van der Waals surface area contributed by atoms with E-state index in [1.807, 2.05) is 31.1 Å². The van der Waals surface area contributed by atoms with Gasteiger partial charge in [0.1, 0.15) is 13.2 Å². The first-order valence-corrected chi connectivity index (χ1v) is 9.57. The Morgan fingerprint density at radius 2 is 1.93 bits per heavy atom. The van der Waals surface area contributed by atoms with Crippen molar-refractivity contribution in [1.82, 2.24) is 9.88 Å². The Balaban J connectivity index is 2.02. The molecule has 1 N–H and O–H groups in total. The maximum absolute atomic E-state index is 12.8. The lowest BCUT2D eigenvalue weighted by atomic mass is 9.84. The third-order valence-electron chi connectivity index (χ3n) is 4.84. The second kappa shape index (κ2) is 9.44. The number of pyridine rings is 1. The first-order chi connectivity index (χ1) is 14.3. The number of ether oxygens (including phenoxy) is 4. The van der Waals surface area contributed by atoms with E-state index in [0.717, 1.165) is 5.56 Å². The predicted octanol–water partition coefficient (Wildman–Crippen LogP) is 2.84. The normalized spacial score (nSPS) is 15.2. The highest BCUT2D eigenvalue weighted by Gasteiger charge is 2.33. The van der Waals surface area contributed by atoms with E-state index in [1.54, 1.807) is 6.07 Å². The summed E-state index contributed by atoms with van der Waals surface area (Å²) in [7, 11) is 5.15. The van der Waals surface area contributed by atoms with Crippen LogP contribution in [0.4, 0.5) is 8.78 Å². The number of nitrogens with zero attached hydrogens (tertiary/aromatic N) is 2. The van der Waals surface area contributed by atoms with Crippen molar-refractivity contribution < 1.29 is 32.8 Å². The van der Waals surface area contributed by atoms with Gasteiger partial charge in [0.15, 0.2) is 11.5 Å². The van der Waals surface area contributed by atoms with Gasteiger partial charge in [-0.2, -0.15) is 13.8 Å². The minimum atomic E-state index is -3.04. The summed E-state index contributed by atoms with van der Waals surface area (Å²) < 4.78 is 46.6. The first kappa shape index (κ1) is 22.0. The number of halogens is 2. The molecule has 7 nitrogen and oxygen atoms in total. The predicted molar refractivity (Wildman–Crippen MR) is 106 cm³/mol. The smallest absolute Gasteiger partial charge is 0.388 e. The Hall–Kier alpha value is -2.65. The van der Waals surface area contributed by atoms with E-state index in [4.69, 9.17) is 14.2 Å². The van der Waals surface area contributed by atoms with Crippen molar-refractivity contribution in [2.75, 3.05) is 41.0 Å². The molecule has 0 fully saturated rings. The number of aliphatic hydroxyl groups is 1. The molecule has 0 spiro atoms. The Morgan fingerprint density at radius 1 is 1.20 bits per heavy atom. The van der Waals surface area contributed by atoms with Gasteiger partial charge in [0.05, 0.1) is 12.7 Å². The number of rotatable bonds is 9. The minimum absolute atomic E-state index is 0.0705. The molecule has 30 heavy (non-hydrogen) atoms. The fourth-order valence-electron chi connectivity index (χ4n) is 3.34. The third-order valence-corrected chi connectivity index (χ3v) is 4.84. The van der Waals surface area contributed by atoms with Crippen LogP contribution in [0.15, 0.2) is 30.3 Å². The molecule has 0 radical (unpaired) electrons. The number of para-hydroxylation sites is 1. The van der Waals surface area contributed by atoms with Gasteiger partial charge in [-0.05, 0) is 32.1 Å². The van der Waals surface area contributed by atoms with E-state index < -0.39 is 12.2 Å². The molecule has 3 rings (SSSR count). The van der Waals surface area contributed by atoms with Gasteiger partial charge in [-0.1, -0.05) is 12.1 Å². The lowest BCUT2D eigenvalue weighted by molar-refractivity contribution is -0.0536. The van der Waals surface area contributed by atoms with Gasteiger partial charge in [0, 0.05) is 30.7 Å². The van der Waals surface area contributed by atoms with Gasteiger partial charge < -0.3 is 29.0 Å². The topological polar surface area (TPSA) is 73.3 Å². The van der Waals surface area contributed by atoms with Crippen LogP contribution in [-0.2, 0) is 12.0 Å². The van der Waals surface area contributed by atoms with Crippen molar-refractivity contribution in [1.29, 1.82) is 0 Å². The van der Waals surface area contributed by atoms with Crippen molar-refractivity contribution in [2.24, 2.45) is 0 Å². The highest BCUT2D eigenvalue weighted by Crippen LogP contribution is 2.40. The molecule has 2 aromatic rings. The Bertz CT molecular complexity index is 865. The molecule has 0 bridgehead atoms. The number of hydrogen-bond acceptors (Lipinski definition) is 7. The average Bonchev–Trinajstić information content (AvgIpc) is 2.72. The van der Waals surface area contributed by atoms with E-state index in [2.05, 4.69) is 9.72 Å². The van der Waals surface area contributed by atoms with Crippen LogP contribution in [0.1, 0.15) is 17.5 Å². The molecule has 9 heteroatoms. The highest BCUT2D eigenvalue weighted by molar-refractivity contribution is 5.49. The Kier molecular flexibility index (Phi) is 6.94. The standard InChI is InChI=1S/C21H26F2N2O5/c1-25(2)8-7-21(26,13-14-5-4-6-16-19(14)29-10-9-28-16)15-11-17(27-3)24-18(12-15)30-20(22)23/h4-6,11-12,20,26H,7-10,13H2,1-3H3. The van der Waals surface area contributed by atoms with Gasteiger partial charge in [-0.25, -0.2) is 0 Å². The summed E-state index contributed by atoms with van der Waals surface area (Å²) in [4.78, 5) is 5.82. The summed E-state index contributed by atoms with van der Waals surface area (Å²) in [6, 6.07) is 8.33. The largest absolute Gasteiger partial charge is 0.486 e. The number of alkyl halides is 2. The lowest BCUT2D eigenvalue weighted by Gasteiger charge is -2.32. The van der Waals surface area contributed by atoms with Crippen LogP contribution in [0.3, 0.4) is 0 Å². The van der Waals surface area contributed by atoms with Crippen LogP contribution in [0, 0.1) is 0 Å². The zero-order chi connectivity index (χ0) is 21.7. The number of aromatic nitrogens is 1. The second-order valence-corrected chi connectivity index (χ2v) is 7.32. The van der Waals surface area contributed by atoms with Crippen LogP contribution in [-0.4, -0.2) is 62.6 Å². The monoisotopic (exact) mass is 424 g/mol. The first-order valence-electron chi connectivity index (χ1n) is 9.57. The molecular formula is C21H26F2N2O5. The van der Waals surface area contributed by atoms with E-state index in [1.165, 1.54) is 19.2 Å². The molecule has 0 aliphatic carbocycles. The van der Waals surface area contributed by atoms with Gasteiger partial charge in [-0.3, -0.25) is 0 Å². The van der Waals surface area contributed by atoms with E-state index >= 15 is 0 Å². The zero-order valence-corrected chi connectivity index (χ0v) is 17.2. The van der Waals surface area contributed by atoms with E-state index in [-0.39, 0.29) is 18.2 Å². The summed E-state index contributed by atoms with van der Waals surface area (Å²) in [5.41, 5.74) is -0.307. The number of benzene rings is 1. The summed E-state index contributed by atoms with van der Waals surface area (Å²) in [5.74, 6) is 0.943. The SMILES string of the molecule is COc1cc(C(O)(CCN(C)C)Cc2cccc3c2OCCO3)cc(OC(F)F)n1. The number of methoxy groups -OCH3 is 1. The fourth-order valence-corrected chi connectivity index (χ4v) is 3.34.